The van der Waals surface area contributed by atoms with Crippen molar-refractivity contribution in [2.45, 2.75) is 19.4 Å². The van der Waals surface area contributed by atoms with Crippen LogP contribution in [-0.4, -0.2) is 25.1 Å². The van der Waals surface area contributed by atoms with E-state index >= 15 is 0 Å². The zero-order valence-corrected chi connectivity index (χ0v) is 15.0. The van der Waals surface area contributed by atoms with Crippen molar-refractivity contribution in [3.8, 4) is 5.75 Å². The third-order valence-electron chi connectivity index (χ3n) is 3.30. The average molecular weight is 392 g/mol. The Labute approximate surface area is 149 Å². The minimum Gasteiger partial charge on any atom is -0.497 e. The van der Waals surface area contributed by atoms with Crippen molar-refractivity contribution in [2.75, 3.05) is 12.4 Å². The molecule has 0 unspecified atom stereocenters. The predicted molar refractivity (Wildman–Crippen MR) is 95.0 cm³/mol. The molecule has 0 aliphatic carbocycles. The van der Waals surface area contributed by atoms with Gasteiger partial charge in [-0.15, -0.1) is 0 Å². The van der Waals surface area contributed by atoms with Crippen LogP contribution in [-0.2, 0) is 20.7 Å². The molecule has 0 radical (unpaired) electrons. The number of hydrogen-bond acceptors (Lipinski definition) is 4. The first-order valence-corrected chi connectivity index (χ1v) is 8.16. The van der Waals surface area contributed by atoms with Crippen molar-refractivity contribution in [2.24, 2.45) is 0 Å². The van der Waals surface area contributed by atoms with E-state index in [-0.39, 0.29) is 12.3 Å². The van der Waals surface area contributed by atoms with E-state index in [0.717, 1.165) is 15.8 Å². The monoisotopic (exact) mass is 391 g/mol. The zero-order chi connectivity index (χ0) is 17.5. The third-order valence-corrected chi connectivity index (χ3v) is 3.83. The van der Waals surface area contributed by atoms with Crippen LogP contribution in [0.5, 0.6) is 5.75 Å². The number of ether oxygens (including phenoxy) is 2. The van der Waals surface area contributed by atoms with Gasteiger partial charge in [0.05, 0.1) is 13.5 Å². The number of amides is 1. The summed E-state index contributed by atoms with van der Waals surface area (Å²) in [6.07, 6.45) is -0.778. The standard InChI is InChI=1S/C18H18BrNO4/c1-12(18(22)20-15-7-5-14(19)6-8-15)24-17(21)11-13-3-9-16(23-2)10-4-13/h3-10,12H,11H2,1-2H3,(H,20,22)/t12-/m0/s1. The lowest BCUT2D eigenvalue weighted by Gasteiger charge is -2.13. The van der Waals surface area contributed by atoms with Crippen LogP contribution in [0.3, 0.4) is 0 Å². The number of carbonyl (C=O) groups is 2. The Kier molecular flexibility index (Phi) is 6.37. The van der Waals surface area contributed by atoms with Crippen LogP contribution in [0.15, 0.2) is 53.0 Å². The molecular weight excluding hydrogens is 374 g/mol. The topological polar surface area (TPSA) is 64.6 Å². The van der Waals surface area contributed by atoms with Gasteiger partial charge in [0.25, 0.3) is 5.91 Å². The molecule has 0 heterocycles. The SMILES string of the molecule is COc1ccc(CC(=O)O[C@@H](C)C(=O)Nc2ccc(Br)cc2)cc1. The van der Waals surface area contributed by atoms with Crippen LogP contribution in [0.25, 0.3) is 0 Å². The highest BCUT2D eigenvalue weighted by atomic mass is 79.9. The Morgan fingerprint density at radius 3 is 2.29 bits per heavy atom. The van der Waals surface area contributed by atoms with Gasteiger partial charge in [-0.05, 0) is 48.9 Å². The lowest BCUT2D eigenvalue weighted by molar-refractivity contribution is -0.152. The Morgan fingerprint density at radius 2 is 1.71 bits per heavy atom. The highest BCUT2D eigenvalue weighted by Gasteiger charge is 2.18. The van der Waals surface area contributed by atoms with E-state index in [1.165, 1.54) is 0 Å². The summed E-state index contributed by atoms with van der Waals surface area (Å²) in [6, 6.07) is 14.3. The van der Waals surface area contributed by atoms with Crippen LogP contribution >= 0.6 is 15.9 Å². The van der Waals surface area contributed by atoms with Gasteiger partial charge < -0.3 is 14.8 Å². The summed E-state index contributed by atoms with van der Waals surface area (Å²) in [7, 11) is 1.58. The molecular formula is C18H18BrNO4. The maximum atomic E-state index is 12.1. The van der Waals surface area contributed by atoms with E-state index in [1.54, 1.807) is 50.4 Å². The van der Waals surface area contributed by atoms with Crippen LogP contribution in [0.4, 0.5) is 5.69 Å². The third kappa shape index (κ3) is 5.38. The summed E-state index contributed by atoms with van der Waals surface area (Å²) in [5, 5.41) is 2.70. The number of nitrogens with one attached hydrogen (secondary N) is 1. The van der Waals surface area contributed by atoms with Crippen molar-refractivity contribution in [1.29, 1.82) is 0 Å². The number of carbonyl (C=O) groups excluding carboxylic acids is 2. The summed E-state index contributed by atoms with van der Waals surface area (Å²) >= 11 is 3.32. The quantitative estimate of drug-likeness (QED) is 0.764. The maximum Gasteiger partial charge on any atom is 0.311 e. The number of halogens is 1. The molecule has 0 aliphatic rings. The molecule has 5 nitrogen and oxygen atoms in total. The molecule has 0 spiro atoms. The lowest BCUT2D eigenvalue weighted by atomic mass is 10.1. The normalized spacial score (nSPS) is 11.5. The molecule has 6 heteroatoms. The van der Waals surface area contributed by atoms with Crippen molar-refractivity contribution in [1.82, 2.24) is 0 Å². The van der Waals surface area contributed by atoms with E-state index in [9.17, 15) is 9.59 Å². The van der Waals surface area contributed by atoms with Gasteiger partial charge in [0, 0.05) is 10.2 Å². The summed E-state index contributed by atoms with van der Waals surface area (Å²) in [4.78, 5) is 24.0. The second kappa shape index (κ2) is 8.49. The molecule has 2 aromatic carbocycles. The van der Waals surface area contributed by atoms with E-state index < -0.39 is 12.1 Å². The highest BCUT2D eigenvalue weighted by molar-refractivity contribution is 9.10. The van der Waals surface area contributed by atoms with Gasteiger partial charge in [0.1, 0.15) is 5.75 Å². The molecule has 0 saturated carbocycles. The molecule has 1 amide bonds. The smallest absolute Gasteiger partial charge is 0.311 e. The van der Waals surface area contributed by atoms with Gasteiger partial charge in [0.2, 0.25) is 0 Å². The van der Waals surface area contributed by atoms with Crippen molar-refractivity contribution in [3.63, 3.8) is 0 Å². The van der Waals surface area contributed by atoms with E-state index in [4.69, 9.17) is 9.47 Å². The van der Waals surface area contributed by atoms with Crippen LogP contribution in [0, 0.1) is 0 Å². The fraction of sp³-hybridized carbons (Fsp3) is 0.222. The summed E-state index contributed by atoms with van der Waals surface area (Å²) < 4.78 is 11.2. The number of rotatable bonds is 6. The second-order valence-corrected chi connectivity index (χ2v) is 6.07. The van der Waals surface area contributed by atoms with Crippen LogP contribution in [0.1, 0.15) is 12.5 Å². The lowest BCUT2D eigenvalue weighted by Crippen LogP contribution is -2.30. The minimum absolute atomic E-state index is 0.0971. The number of anilines is 1. The minimum atomic E-state index is -0.876. The number of hydrogen-bond donors (Lipinski definition) is 1. The molecule has 0 bridgehead atoms. The Hall–Kier alpha value is -2.34. The molecule has 2 rings (SSSR count). The Balaban J connectivity index is 1.85. The molecule has 1 N–H and O–H groups in total. The molecule has 24 heavy (non-hydrogen) atoms. The predicted octanol–water partition coefficient (Wildman–Crippen LogP) is 3.57. The summed E-state index contributed by atoms with van der Waals surface area (Å²) in [5.74, 6) is -0.117. The van der Waals surface area contributed by atoms with Crippen LogP contribution in [0.2, 0.25) is 0 Å². The first-order valence-electron chi connectivity index (χ1n) is 7.37. The van der Waals surface area contributed by atoms with Gasteiger partial charge in [0.15, 0.2) is 6.10 Å². The van der Waals surface area contributed by atoms with E-state index in [0.29, 0.717) is 5.69 Å². The van der Waals surface area contributed by atoms with Gasteiger partial charge in [-0.25, -0.2) is 0 Å². The number of esters is 1. The number of methoxy groups -OCH3 is 1. The first kappa shape index (κ1) is 18.0. The molecule has 0 saturated heterocycles. The van der Waals surface area contributed by atoms with Crippen molar-refractivity contribution < 1.29 is 19.1 Å². The molecule has 0 aromatic heterocycles. The van der Waals surface area contributed by atoms with Gasteiger partial charge in [-0.3, -0.25) is 9.59 Å². The fourth-order valence-electron chi connectivity index (χ4n) is 1.98. The molecule has 126 valence electrons. The first-order chi connectivity index (χ1) is 11.5. The Morgan fingerprint density at radius 1 is 1.08 bits per heavy atom. The molecule has 0 fully saturated rings. The molecule has 0 aliphatic heterocycles. The summed E-state index contributed by atoms with van der Waals surface area (Å²) in [6.45, 7) is 1.54. The summed E-state index contributed by atoms with van der Waals surface area (Å²) in [5.41, 5.74) is 1.43. The van der Waals surface area contributed by atoms with Gasteiger partial charge >= 0.3 is 5.97 Å². The molecule has 1 atom stereocenters. The highest BCUT2D eigenvalue weighted by Crippen LogP contribution is 2.15. The maximum absolute atomic E-state index is 12.1. The second-order valence-electron chi connectivity index (χ2n) is 5.15. The molecule has 2 aromatic rings. The zero-order valence-electron chi connectivity index (χ0n) is 13.4. The fourth-order valence-corrected chi connectivity index (χ4v) is 2.24. The van der Waals surface area contributed by atoms with Crippen molar-refractivity contribution in [3.05, 3.63) is 58.6 Å². The van der Waals surface area contributed by atoms with E-state index in [2.05, 4.69) is 21.2 Å². The van der Waals surface area contributed by atoms with Gasteiger partial charge in [-0.1, -0.05) is 28.1 Å². The van der Waals surface area contributed by atoms with Crippen molar-refractivity contribution >= 4 is 33.5 Å². The van der Waals surface area contributed by atoms with E-state index in [1.807, 2.05) is 12.1 Å². The Bertz CT molecular complexity index is 698. The van der Waals surface area contributed by atoms with Gasteiger partial charge in [-0.2, -0.15) is 0 Å². The van der Waals surface area contributed by atoms with Crippen LogP contribution < -0.4 is 10.1 Å². The number of benzene rings is 2. The largest absolute Gasteiger partial charge is 0.497 e. The average Bonchev–Trinajstić information content (AvgIpc) is 2.57.